The molecule has 2 atom stereocenters. The number of oxime groups is 1. The van der Waals surface area contributed by atoms with Crippen LogP contribution in [-0.4, -0.2) is 62.3 Å². The van der Waals surface area contributed by atoms with Crippen molar-refractivity contribution >= 4 is 51.7 Å². The Kier molecular flexibility index (Phi) is 5.13. The minimum absolute atomic E-state index is 0.0697. The van der Waals surface area contributed by atoms with Gasteiger partial charge in [-0.15, -0.1) is 23.1 Å². The van der Waals surface area contributed by atoms with Crippen LogP contribution in [0.15, 0.2) is 22.3 Å². The molecule has 0 spiro atoms. The second-order valence-corrected chi connectivity index (χ2v) is 7.25. The molecule has 3 heterocycles. The number of amides is 2. The Morgan fingerprint density at radius 2 is 2.35 bits per heavy atom. The number of nitrogens with two attached hydrogens (primary N) is 1. The normalized spacial score (nSPS) is 22.2. The maximum absolute atomic E-state index is 12.6. The molecule has 1 aromatic heterocycles. The van der Waals surface area contributed by atoms with Gasteiger partial charge in [0.25, 0.3) is 11.8 Å². The van der Waals surface area contributed by atoms with E-state index in [9.17, 15) is 14.4 Å². The molecule has 2 amide bonds. The number of aromatic nitrogens is 1. The lowest BCUT2D eigenvalue weighted by Gasteiger charge is -2.48. The molecule has 10 nitrogen and oxygen atoms in total. The molecule has 0 aliphatic carbocycles. The van der Waals surface area contributed by atoms with Crippen molar-refractivity contribution in [1.29, 1.82) is 0 Å². The predicted molar refractivity (Wildman–Crippen MR) is 95.4 cm³/mol. The molecule has 26 heavy (non-hydrogen) atoms. The number of hydrogen-bond donors (Lipinski definition) is 3. The summed E-state index contributed by atoms with van der Waals surface area (Å²) in [5.74, 6) is -1.87. The molecule has 1 aromatic rings. The number of carbonyl (C=O) groups excluding carboxylic acids is 2. The standard InChI is InChI=1S/C14H15N5O5S2/c1-2-24-18-8(6-5-26-14(15)16-6)10(20)17-9-11(21)19-7(13(22)23)3-4-25-12(9)19/h3,5,9,12H,2,4H2,1H3,(H2,15,16)(H,17,20)(H,22,23)/b18-8+/t9?,12-/m1/s1. The van der Waals surface area contributed by atoms with Crippen LogP contribution >= 0.6 is 23.1 Å². The zero-order chi connectivity index (χ0) is 18.8. The van der Waals surface area contributed by atoms with Gasteiger partial charge in [-0.2, -0.15) is 0 Å². The summed E-state index contributed by atoms with van der Waals surface area (Å²) in [6.45, 7) is 1.96. The SMILES string of the molecule is CCO/N=C(/C(=O)NC1C(=O)N2C(C(=O)O)=CCS[C@H]12)c1csc(N)n1. The first kappa shape index (κ1) is 18.2. The van der Waals surface area contributed by atoms with E-state index in [0.717, 1.165) is 11.3 Å². The molecule has 4 N–H and O–H groups in total. The lowest BCUT2D eigenvalue weighted by atomic mass is 10.0. The minimum Gasteiger partial charge on any atom is -0.477 e. The van der Waals surface area contributed by atoms with Crippen molar-refractivity contribution < 1.29 is 24.3 Å². The number of fused-ring (bicyclic) bond motifs is 1. The summed E-state index contributed by atoms with van der Waals surface area (Å²) in [7, 11) is 0. The first-order chi connectivity index (χ1) is 12.4. The van der Waals surface area contributed by atoms with Gasteiger partial charge in [0.15, 0.2) is 10.8 Å². The molecule has 0 saturated carbocycles. The number of β-lactam (4-membered cyclic amide) rings is 1. The number of carboxylic acid groups (broad SMARTS) is 1. The summed E-state index contributed by atoms with van der Waals surface area (Å²) >= 11 is 2.51. The van der Waals surface area contributed by atoms with Gasteiger partial charge in [0.05, 0.1) is 0 Å². The summed E-state index contributed by atoms with van der Waals surface area (Å²) in [4.78, 5) is 46.3. The lowest BCUT2D eigenvalue weighted by molar-refractivity contribution is -0.150. The molecule has 2 aliphatic heterocycles. The van der Waals surface area contributed by atoms with Crippen molar-refractivity contribution in [3.05, 3.63) is 22.8 Å². The van der Waals surface area contributed by atoms with E-state index in [1.807, 2.05) is 0 Å². The number of aliphatic carboxylic acids is 1. The zero-order valence-corrected chi connectivity index (χ0v) is 15.2. The van der Waals surface area contributed by atoms with Crippen LogP contribution in [0.5, 0.6) is 0 Å². The highest BCUT2D eigenvalue weighted by molar-refractivity contribution is 8.00. The fraction of sp³-hybridized carbons (Fsp3) is 0.357. The van der Waals surface area contributed by atoms with E-state index in [1.165, 1.54) is 22.7 Å². The van der Waals surface area contributed by atoms with Crippen LogP contribution in [0.1, 0.15) is 12.6 Å². The van der Waals surface area contributed by atoms with Crippen molar-refractivity contribution in [2.45, 2.75) is 18.3 Å². The van der Waals surface area contributed by atoms with Gasteiger partial charge in [-0.3, -0.25) is 14.5 Å². The van der Waals surface area contributed by atoms with E-state index in [4.69, 9.17) is 15.7 Å². The number of rotatable bonds is 6. The number of nitrogen functional groups attached to an aromatic ring is 1. The third-order valence-electron chi connectivity index (χ3n) is 3.62. The van der Waals surface area contributed by atoms with Crippen LogP contribution < -0.4 is 11.1 Å². The molecule has 0 bridgehead atoms. The number of hydrogen-bond acceptors (Lipinski definition) is 9. The highest BCUT2D eigenvalue weighted by atomic mass is 32.2. The molecule has 12 heteroatoms. The zero-order valence-electron chi connectivity index (χ0n) is 13.5. The van der Waals surface area contributed by atoms with Gasteiger partial charge in [0, 0.05) is 11.1 Å². The Labute approximate surface area is 156 Å². The van der Waals surface area contributed by atoms with Crippen LogP contribution in [0.4, 0.5) is 5.13 Å². The van der Waals surface area contributed by atoms with Gasteiger partial charge in [-0.25, -0.2) is 9.78 Å². The summed E-state index contributed by atoms with van der Waals surface area (Å²) < 4.78 is 0. The molecule has 138 valence electrons. The number of carbonyl (C=O) groups is 3. The van der Waals surface area contributed by atoms with Gasteiger partial charge in [-0.1, -0.05) is 5.16 Å². The first-order valence-corrected chi connectivity index (χ1v) is 9.47. The first-order valence-electron chi connectivity index (χ1n) is 7.54. The van der Waals surface area contributed by atoms with E-state index >= 15 is 0 Å². The summed E-state index contributed by atoms with van der Waals surface area (Å²) in [6, 6.07) is -0.849. The van der Waals surface area contributed by atoms with E-state index < -0.39 is 29.2 Å². The van der Waals surface area contributed by atoms with E-state index in [0.29, 0.717) is 5.75 Å². The third kappa shape index (κ3) is 3.24. The largest absolute Gasteiger partial charge is 0.477 e. The van der Waals surface area contributed by atoms with Crippen molar-refractivity contribution in [3.8, 4) is 0 Å². The van der Waals surface area contributed by atoms with Gasteiger partial charge in [0.1, 0.15) is 29.4 Å². The number of nitrogens with one attached hydrogen (secondary N) is 1. The van der Waals surface area contributed by atoms with Gasteiger partial charge in [0.2, 0.25) is 0 Å². The van der Waals surface area contributed by atoms with Crippen LogP contribution in [0, 0.1) is 0 Å². The van der Waals surface area contributed by atoms with Gasteiger partial charge >= 0.3 is 5.97 Å². The average molecular weight is 397 g/mol. The van der Waals surface area contributed by atoms with Crippen molar-refractivity contribution in [2.75, 3.05) is 18.1 Å². The number of nitrogens with zero attached hydrogens (tertiary/aromatic N) is 3. The number of anilines is 1. The number of thiazole rings is 1. The fourth-order valence-corrected chi connectivity index (χ4v) is 4.22. The topological polar surface area (TPSA) is 147 Å². The second kappa shape index (κ2) is 7.33. The summed E-state index contributed by atoms with van der Waals surface area (Å²) in [6.07, 6.45) is 1.47. The number of thioether (sulfide) groups is 1. The van der Waals surface area contributed by atoms with Crippen molar-refractivity contribution in [2.24, 2.45) is 5.16 Å². The number of carboxylic acids is 1. The Hall–Kier alpha value is -2.60. The smallest absolute Gasteiger partial charge is 0.352 e. The van der Waals surface area contributed by atoms with Crippen LogP contribution in [-0.2, 0) is 19.2 Å². The fourth-order valence-electron chi connectivity index (χ4n) is 2.48. The van der Waals surface area contributed by atoms with Crippen LogP contribution in [0.25, 0.3) is 0 Å². The van der Waals surface area contributed by atoms with E-state index in [2.05, 4.69) is 15.5 Å². The maximum Gasteiger partial charge on any atom is 0.352 e. The summed E-state index contributed by atoms with van der Waals surface area (Å²) in [5, 5.41) is 16.9. The quantitative estimate of drug-likeness (QED) is 0.341. The molecule has 0 radical (unpaired) electrons. The highest BCUT2D eigenvalue weighted by Gasteiger charge is 2.53. The van der Waals surface area contributed by atoms with Crippen molar-refractivity contribution in [1.82, 2.24) is 15.2 Å². The minimum atomic E-state index is -1.18. The molecule has 1 fully saturated rings. The molecular weight excluding hydrogens is 382 g/mol. The highest BCUT2D eigenvalue weighted by Crippen LogP contribution is 2.37. The lowest BCUT2D eigenvalue weighted by Crippen LogP contribution is -2.70. The molecule has 3 rings (SSSR count). The Morgan fingerprint density at radius 1 is 1.58 bits per heavy atom. The second-order valence-electron chi connectivity index (χ2n) is 5.21. The third-order valence-corrected chi connectivity index (χ3v) is 5.47. The van der Waals surface area contributed by atoms with E-state index in [1.54, 1.807) is 12.3 Å². The van der Waals surface area contributed by atoms with E-state index in [-0.39, 0.29) is 28.8 Å². The Morgan fingerprint density at radius 3 is 2.96 bits per heavy atom. The average Bonchev–Trinajstić information content (AvgIpc) is 3.05. The molecular formula is C14H15N5O5S2. The van der Waals surface area contributed by atoms with Crippen LogP contribution in [0.3, 0.4) is 0 Å². The van der Waals surface area contributed by atoms with Gasteiger partial charge in [-0.05, 0) is 13.0 Å². The molecule has 1 saturated heterocycles. The van der Waals surface area contributed by atoms with Crippen molar-refractivity contribution in [3.63, 3.8) is 0 Å². The van der Waals surface area contributed by atoms with Crippen LogP contribution in [0.2, 0.25) is 0 Å². The molecule has 2 aliphatic rings. The predicted octanol–water partition coefficient (Wildman–Crippen LogP) is -0.166. The molecule has 1 unspecified atom stereocenters. The Balaban J connectivity index is 1.76. The molecule has 0 aromatic carbocycles. The summed E-state index contributed by atoms with van der Waals surface area (Å²) in [5.41, 5.74) is 5.66. The van der Waals surface area contributed by atoms with Gasteiger partial charge < -0.3 is 21.0 Å². The maximum atomic E-state index is 12.6. The monoisotopic (exact) mass is 397 g/mol. The Bertz CT molecular complexity index is 820.